The van der Waals surface area contributed by atoms with Gasteiger partial charge in [0, 0.05) is 7.11 Å². The van der Waals surface area contributed by atoms with Crippen molar-refractivity contribution in [2.45, 2.75) is 45.8 Å². The molecule has 0 aliphatic carbocycles. The molecule has 0 heterocycles. The van der Waals surface area contributed by atoms with Gasteiger partial charge in [-0.05, 0) is 45.8 Å². The largest absolute Gasteiger partial charge is 0.618 e. The molecule has 0 fully saturated rings. The van der Waals surface area contributed by atoms with Gasteiger partial charge in [-0.3, -0.25) is 0 Å². The van der Waals surface area contributed by atoms with Gasteiger partial charge in [0.15, 0.2) is 0 Å². The molecule has 0 bridgehead atoms. The summed E-state index contributed by atoms with van der Waals surface area (Å²) in [6.45, 7) is 36.1. The first-order valence-electron chi connectivity index (χ1n) is 14.4. The summed E-state index contributed by atoms with van der Waals surface area (Å²) in [6, 6.07) is 0. The third-order valence-corrected chi connectivity index (χ3v) is 21.3. The maximum Gasteiger partial charge on any atom is 0.618 e. The Morgan fingerprint density at radius 2 is 0.980 bits per heavy atom. The van der Waals surface area contributed by atoms with Crippen LogP contribution in [0.2, 0.25) is 45.8 Å². The standard InChI is InChI=1S/C13H32B4O13Si4.C9H19O3Si3/c1-10-31(6,21)26-16(20)28-34(9,13-4)27-15(19)24-14(18)25-17(29-32(7,22)11-2)30-33(8,12-3)23-5;1-7-13(4)11-15(6,9-3)12-14(5,10)8-2/h10-13,18-22H,1-4H2,5-9H3;7-10H,1-3H2,4-6H3. The van der Waals surface area contributed by atoms with Crippen molar-refractivity contribution in [2.75, 3.05) is 7.11 Å². The van der Waals surface area contributed by atoms with Crippen LogP contribution in [0.25, 0.3) is 0 Å². The highest BCUT2D eigenvalue weighted by atomic mass is 28.5. The minimum Gasteiger partial charge on any atom is -0.430 e. The lowest BCUT2D eigenvalue weighted by Crippen LogP contribution is -2.54. The molecule has 0 saturated carbocycles. The van der Waals surface area contributed by atoms with Crippen molar-refractivity contribution in [2.24, 2.45) is 0 Å². The van der Waals surface area contributed by atoms with Gasteiger partial charge < -0.3 is 73.0 Å². The van der Waals surface area contributed by atoms with E-state index in [1.807, 2.05) is 13.1 Å². The van der Waals surface area contributed by atoms with Crippen LogP contribution in [0.5, 0.6) is 0 Å². The first-order chi connectivity index (χ1) is 22.3. The monoisotopic (exact) mass is 811 g/mol. The molecule has 0 aromatic carbocycles. The Morgan fingerprint density at radius 3 is 1.39 bits per heavy atom. The zero-order valence-electron chi connectivity index (χ0n) is 29.6. The van der Waals surface area contributed by atoms with Crippen LogP contribution >= 0.6 is 0 Å². The Kier molecular flexibility index (Phi) is 23.1. The van der Waals surface area contributed by atoms with Crippen LogP contribution in [-0.2, 0) is 43.5 Å². The summed E-state index contributed by atoms with van der Waals surface area (Å²) in [7, 11) is -26.4. The van der Waals surface area contributed by atoms with Gasteiger partial charge in [0.05, 0.1) is 0 Å². The Bertz CT molecular complexity index is 1100. The van der Waals surface area contributed by atoms with Crippen molar-refractivity contribution in [3.8, 4) is 0 Å². The van der Waals surface area contributed by atoms with Gasteiger partial charge in [-0.2, -0.15) is 0 Å². The van der Waals surface area contributed by atoms with E-state index < -0.39 is 89.7 Å². The highest BCUT2D eigenvalue weighted by Crippen LogP contribution is 2.18. The van der Waals surface area contributed by atoms with Crippen LogP contribution in [0.15, 0.2) is 85.9 Å². The Labute approximate surface area is 300 Å². The van der Waals surface area contributed by atoms with Crippen molar-refractivity contribution < 1.29 is 73.0 Å². The van der Waals surface area contributed by atoms with Crippen LogP contribution in [0.1, 0.15) is 0 Å². The van der Waals surface area contributed by atoms with Crippen LogP contribution < -0.4 is 0 Å². The van der Waals surface area contributed by atoms with Crippen LogP contribution in [0.4, 0.5) is 0 Å². The third kappa shape index (κ3) is 22.1. The Hall–Kier alpha value is -0.682. The van der Waals surface area contributed by atoms with Crippen molar-refractivity contribution >= 4 is 89.7 Å². The molecule has 0 spiro atoms. The SMILES string of the molecule is C=C[Si](C)(O)OB(O)O[Si](C)(C=C)OB(O)OB(O)OB(O[Si](C)(O)C=C)O[Si](C)(C=C)OC.C=C[Si](C)O[Si](C)(C=C)O[Si](C)(O)C=C. The van der Waals surface area contributed by atoms with E-state index in [4.69, 9.17) is 43.5 Å². The van der Waals surface area contributed by atoms with Crippen LogP contribution in [-0.4, -0.2) is 126 Å². The molecule has 6 unspecified atom stereocenters. The molecule has 6 N–H and O–H groups in total. The minimum absolute atomic E-state index is 1.07. The molecule has 0 aliphatic rings. The van der Waals surface area contributed by atoms with E-state index in [9.17, 15) is 29.5 Å². The van der Waals surface area contributed by atoms with Crippen molar-refractivity contribution in [3.63, 3.8) is 0 Å². The summed E-state index contributed by atoms with van der Waals surface area (Å²) in [6.07, 6.45) is 0. The molecule has 1 radical (unpaired) electrons. The molecular weight excluding hydrogens is 760 g/mol. The fraction of sp³-hybridized carbons (Fsp3) is 0.364. The first kappa shape index (κ1) is 50.4. The summed E-state index contributed by atoms with van der Waals surface area (Å²) >= 11 is 0. The highest BCUT2D eigenvalue weighted by Gasteiger charge is 2.46. The molecule has 0 saturated heterocycles. The van der Waals surface area contributed by atoms with Crippen LogP contribution in [0, 0.1) is 0 Å². The lowest BCUT2D eigenvalue weighted by atomic mass is 10.1. The van der Waals surface area contributed by atoms with Gasteiger partial charge in [0.2, 0.25) is 9.04 Å². The second-order valence-corrected chi connectivity index (χ2v) is 30.5. The maximum atomic E-state index is 10.2. The fourth-order valence-electron chi connectivity index (χ4n) is 2.67. The van der Waals surface area contributed by atoms with E-state index in [0.717, 1.165) is 5.70 Å². The summed E-state index contributed by atoms with van der Waals surface area (Å²) < 4.78 is 52.9. The molecule has 0 aromatic heterocycles. The third-order valence-electron chi connectivity index (χ3n) is 5.85. The van der Waals surface area contributed by atoms with Crippen LogP contribution in [0.3, 0.4) is 0 Å². The average molecular weight is 811 g/mol. The number of rotatable bonds is 26. The molecule has 16 nitrogen and oxygen atoms in total. The fourth-order valence-corrected chi connectivity index (χ4v) is 13.7. The number of hydrogen-bond acceptors (Lipinski definition) is 16. The van der Waals surface area contributed by atoms with Gasteiger partial charge in [-0.25, -0.2) is 0 Å². The molecular formula is C22H51B4O16Si7. The van der Waals surface area contributed by atoms with E-state index >= 15 is 0 Å². The zero-order valence-corrected chi connectivity index (χ0v) is 36.6. The predicted molar refractivity (Wildman–Crippen MR) is 206 cm³/mol. The molecule has 0 amide bonds. The second-order valence-electron chi connectivity index (χ2n) is 10.7. The lowest BCUT2D eigenvalue weighted by molar-refractivity contribution is 0.169. The summed E-state index contributed by atoms with van der Waals surface area (Å²) in [5, 5.41) is 30.1. The molecule has 6 atom stereocenters. The van der Waals surface area contributed by atoms with Gasteiger partial charge in [-0.1, -0.05) is 39.9 Å². The smallest absolute Gasteiger partial charge is 0.430 e. The highest BCUT2D eigenvalue weighted by molar-refractivity contribution is 6.87. The minimum atomic E-state index is -3.57. The maximum absolute atomic E-state index is 10.2. The average Bonchev–Trinajstić information content (AvgIpc) is 2.99. The normalized spacial score (nSPS) is 18.5. The molecule has 27 heteroatoms. The molecule has 0 aromatic rings. The Morgan fingerprint density at radius 1 is 0.531 bits per heavy atom. The van der Waals surface area contributed by atoms with Crippen molar-refractivity contribution in [3.05, 3.63) is 85.9 Å². The van der Waals surface area contributed by atoms with Gasteiger partial charge in [0.25, 0.3) is 0 Å². The quantitative estimate of drug-likeness (QED) is 0.0667. The van der Waals surface area contributed by atoms with Gasteiger partial charge >= 0.3 is 80.7 Å². The summed E-state index contributed by atoms with van der Waals surface area (Å²) in [5.41, 5.74) is 9.83. The second kappa shape index (κ2) is 22.4. The van der Waals surface area contributed by atoms with Gasteiger partial charge in [0.1, 0.15) is 0 Å². The van der Waals surface area contributed by atoms with Crippen molar-refractivity contribution in [1.82, 2.24) is 0 Å². The van der Waals surface area contributed by atoms with Crippen molar-refractivity contribution in [1.29, 1.82) is 0 Å². The summed E-state index contributed by atoms with van der Waals surface area (Å²) in [4.78, 5) is 30.0. The summed E-state index contributed by atoms with van der Waals surface area (Å²) in [5.74, 6) is 0. The molecule has 0 rings (SSSR count). The number of hydrogen-bond donors (Lipinski definition) is 6. The van der Waals surface area contributed by atoms with E-state index in [2.05, 4.69) is 46.1 Å². The molecule has 49 heavy (non-hydrogen) atoms. The predicted octanol–water partition coefficient (Wildman–Crippen LogP) is 0.792. The first-order valence-corrected chi connectivity index (χ1v) is 30.9. The van der Waals surface area contributed by atoms with E-state index in [1.165, 1.54) is 49.5 Å². The van der Waals surface area contributed by atoms with E-state index in [1.54, 1.807) is 24.5 Å². The lowest BCUT2D eigenvalue weighted by Gasteiger charge is -2.31. The van der Waals surface area contributed by atoms with Gasteiger partial charge in [-0.15, -0.1) is 46.1 Å². The molecule has 275 valence electrons. The molecule has 0 aliphatic heterocycles. The van der Waals surface area contributed by atoms with E-state index in [0.29, 0.717) is 0 Å². The zero-order chi connectivity index (χ0) is 38.9. The Balaban J connectivity index is 0. The topological polar surface area (TPSA) is 214 Å². The van der Waals surface area contributed by atoms with E-state index in [-0.39, 0.29) is 0 Å².